The van der Waals surface area contributed by atoms with Crippen LogP contribution in [-0.4, -0.2) is 30.0 Å². The number of hydrogen-bond acceptors (Lipinski definition) is 4. The largest absolute Gasteiger partial charge is 0.481 e. The van der Waals surface area contributed by atoms with Crippen LogP contribution in [0.3, 0.4) is 0 Å². The molecule has 0 aromatic carbocycles. The third-order valence-electron chi connectivity index (χ3n) is 1.13. The van der Waals surface area contributed by atoms with Gasteiger partial charge >= 0.3 is 5.97 Å². The first-order valence-corrected chi connectivity index (χ1v) is 4.44. The Labute approximate surface area is 70.3 Å². The highest BCUT2D eigenvalue weighted by atomic mass is 32.2. The molecule has 0 bridgehead atoms. The van der Waals surface area contributed by atoms with Crippen molar-refractivity contribution < 1.29 is 14.1 Å². The Hall–Kier alpha value is -0.260. The second-order valence-corrected chi connectivity index (χ2v) is 2.71. The highest BCUT2D eigenvalue weighted by molar-refractivity contribution is 7.93. The Balaban J connectivity index is 3.22. The van der Waals surface area contributed by atoms with Crippen molar-refractivity contribution in [2.75, 3.05) is 12.9 Å². The zero-order chi connectivity index (χ0) is 8.69. The van der Waals surface area contributed by atoms with E-state index in [1.165, 1.54) is 12.0 Å². The van der Waals surface area contributed by atoms with Crippen molar-refractivity contribution in [3.8, 4) is 0 Å². The Morgan fingerprint density at radius 2 is 2.45 bits per heavy atom. The summed E-state index contributed by atoms with van der Waals surface area (Å²) < 4.78 is 4.93. The van der Waals surface area contributed by atoms with E-state index >= 15 is 0 Å². The van der Waals surface area contributed by atoms with E-state index in [1.807, 2.05) is 0 Å². The average molecular weight is 179 g/mol. The fraction of sp³-hybridized carbons (Fsp3) is 0.833. The van der Waals surface area contributed by atoms with Crippen molar-refractivity contribution in [1.82, 2.24) is 0 Å². The summed E-state index contributed by atoms with van der Waals surface area (Å²) in [5, 5.41) is 8.29. The van der Waals surface area contributed by atoms with E-state index < -0.39 is 5.97 Å². The number of aliphatic carboxylic acids is 1. The van der Waals surface area contributed by atoms with Gasteiger partial charge in [-0.1, -0.05) is 0 Å². The Morgan fingerprint density at radius 1 is 1.82 bits per heavy atom. The minimum absolute atomic E-state index is 0.110. The molecule has 3 N–H and O–H groups in total. The van der Waals surface area contributed by atoms with Gasteiger partial charge in [-0.15, -0.1) is 0 Å². The van der Waals surface area contributed by atoms with Crippen LogP contribution in [0.15, 0.2) is 0 Å². The number of carboxylic acid groups (broad SMARTS) is 1. The van der Waals surface area contributed by atoms with Gasteiger partial charge in [0.1, 0.15) is 0 Å². The van der Waals surface area contributed by atoms with Crippen LogP contribution in [0.25, 0.3) is 0 Å². The Bertz CT molecular complexity index is 120. The van der Waals surface area contributed by atoms with Gasteiger partial charge in [0.05, 0.1) is 6.61 Å². The molecule has 0 rings (SSSR count). The maximum absolute atomic E-state index is 10.1. The summed E-state index contributed by atoms with van der Waals surface area (Å²) in [7, 11) is 0. The van der Waals surface area contributed by atoms with Crippen molar-refractivity contribution in [3.63, 3.8) is 0 Å². The molecule has 0 amide bonds. The summed E-state index contributed by atoms with van der Waals surface area (Å²) in [6.07, 6.45) is 2.37. The van der Waals surface area contributed by atoms with Crippen LogP contribution in [0, 0.1) is 0 Å². The molecule has 0 aliphatic rings. The molecule has 1 atom stereocenters. The first kappa shape index (κ1) is 10.7. The minimum Gasteiger partial charge on any atom is -0.481 e. The van der Waals surface area contributed by atoms with Crippen LogP contribution < -0.4 is 5.73 Å². The number of carbonyl (C=O) groups is 1. The first-order valence-electron chi connectivity index (χ1n) is 3.29. The van der Waals surface area contributed by atoms with Gasteiger partial charge in [0, 0.05) is 18.7 Å². The van der Waals surface area contributed by atoms with Crippen molar-refractivity contribution in [3.05, 3.63) is 0 Å². The quantitative estimate of drug-likeness (QED) is 0.580. The SMILES string of the molecule is CSOCC(N)CCC(=O)O. The molecule has 0 spiro atoms. The lowest BCUT2D eigenvalue weighted by Gasteiger charge is -2.07. The van der Waals surface area contributed by atoms with E-state index in [9.17, 15) is 4.79 Å². The van der Waals surface area contributed by atoms with Gasteiger partial charge in [-0.2, -0.15) is 0 Å². The minimum atomic E-state index is -0.815. The molecule has 0 aromatic rings. The molecule has 0 aromatic heterocycles. The summed E-state index contributed by atoms with van der Waals surface area (Å²) in [5.41, 5.74) is 5.51. The van der Waals surface area contributed by atoms with E-state index in [0.29, 0.717) is 13.0 Å². The molecule has 1 unspecified atom stereocenters. The molecular formula is C6H13NO3S. The molecular weight excluding hydrogens is 166 g/mol. The zero-order valence-corrected chi connectivity index (χ0v) is 7.26. The van der Waals surface area contributed by atoms with E-state index in [2.05, 4.69) is 0 Å². The van der Waals surface area contributed by atoms with Crippen LogP contribution in [0.5, 0.6) is 0 Å². The predicted octanol–water partition coefficient (Wildman–Crippen LogP) is 0.473. The summed E-state index contributed by atoms with van der Waals surface area (Å²) in [4.78, 5) is 10.1. The lowest BCUT2D eigenvalue weighted by atomic mass is 10.2. The normalized spacial score (nSPS) is 12.9. The van der Waals surface area contributed by atoms with Gasteiger partial charge in [0.2, 0.25) is 0 Å². The standard InChI is InChI=1S/C6H13NO3S/c1-11-10-4-5(7)2-3-6(8)9/h5H,2-4,7H2,1H3,(H,8,9). The van der Waals surface area contributed by atoms with Crippen LogP contribution in [0.1, 0.15) is 12.8 Å². The predicted molar refractivity (Wildman–Crippen MR) is 44.3 cm³/mol. The summed E-state index contributed by atoms with van der Waals surface area (Å²) in [6, 6.07) is -0.168. The van der Waals surface area contributed by atoms with Crippen LogP contribution in [-0.2, 0) is 8.98 Å². The molecule has 11 heavy (non-hydrogen) atoms. The highest BCUT2D eigenvalue weighted by Crippen LogP contribution is 2.00. The van der Waals surface area contributed by atoms with Crippen molar-refractivity contribution in [2.45, 2.75) is 18.9 Å². The lowest BCUT2D eigenvalue weighted by molar-refractivity contribution is -0.137. The smallest absolute Gasteiger partial charge is 0.303 e. The van der Waals surface area contributed by atoms with E-state index in [0.717, 1.165) is 0 Å². The molecule has 0 aliphatic heterocycles. The van der Waals surface area contributed by atoms with Gasteiger partial charge < -0.3 is 15.0 Å². The highest BCUT2D eigenvalue weighted by Gasteiger charge is 2.05. The first-order chi connectivity index (χ1) is 5.16. The van der Waals surface area contributed by atoms with Crippen LogP contribution in [0.4, 0.5) is 0 Å². The third-order valence-corrected chi connectivity index (χ3v) is 1.50. The fourth-order valence-corrected chi connectivity index (χ4v) is 0.859. The molecule has 4 nitrogen and oxygen atoms in total. The topological polar surface area (TPSA) is 72.5 Å². The van der Waals surface area contributed by atoms with E-state index in [4.69, 9.17) is 15.0 Å². The van der Waals surface area contributed by atoms with E-state index in [1.54, 1.807) is 6.26 Å². The van der Waals surface area contributed by atoms with Crippen molar-refractivity contribution in [1.29, 1.82) is 0 Å². The average Bonchev–Trinajstić information content (AvgIpc) is 1.97. The fourth-order valence-electron chi connectivity index (χ4n) is 0.548. The van der Waals surface area contributed by atoms with Gasteiger partial charge in [-0.3, -0.25) is 4.79 Å². The molecule has 66 valence electrons. The van der Waals surface area contributed by atoms with Crippen LogP contribution >= 0.6 is 12.0 Å². The maximum Gasteiger partial charge on any atom is 0.303 e. The summed E-state index contributed by atoms with van der Waals surface area (Å²) >= 11 is 1.24. The Morgan fingerprint density at radius 3 is 2.91 bits per heavy atom. The Kier molecular flexibility index (Phi) is 6.30. The molecule has 0 heterocycles. The molecule has 0 saturated heterocycles. The molecule has 0 aliphatic carbocycles. The number of nitrogens with two attached hydrogens (primary N) is 1. The van der Waals surface area contributed by atoms with Gasteiger partial charge in [0.15, 0.2) is 0 Å². The maximum atomic E-state index is 10.1. The summed E-state index contributed by atoms with van der Waals surface area (Å²) in [5.74, 6) is -0.815. The lowest BCUT2D eigenvalue weighted by Crippen LogP contribution is -2.25. The second kappa shape index (κ2) is 6.45. The number of rotatable bonds is 6. The van der Waals surface area contributed by atoms with Crippen molar-refractivity contribution >= 4 is 18.0 Å². The number of hydrogen-bond donors (Lipinski definition) is 2. The molecule has 0 fully saturated rings. The van der Waals surface area contributed by atoms with Gasteiger partial charge in [-0.05, 0) is 18.5 Å². The van der Waals surface area contributed by atoms with Crippen molar-refractivity contribution in [2.24, 2.45) is 5.73 Å². The zero-order valence-electron chi connectivity index (χ0n) is 6.45. The third kappa shape index (κ3) is 7.64. The molecule has 5 heteroatoms. The van der Waals surface area contributed by atoms with Gasteiger partial charge in [-0.25, -0.2) is 0 Å². The molecule has 0 saturated carbocycles. The molecule has 0 radical (unpaired) electrons. The van der Waals surface area contributed by atoms with E-state index in [-0.39, 0.29) is 12.5 Å². The van der Waals surface area contributed by atoms with Crippen LogP contribution in [0.2, 0.25) is 0 Å². The summed E-state index contributed by atoms with van der Waals surface area (Å²) in [6.45, 7) is 0.411. The monoisotopic (exact) mass is 179 g/mol. The number of carboxylic acids is 1. The second-order valence-electron chi connectivity index (χ2n) is 2.14. The van der Waals surface area contributed by atoms with Gasteiger partial charge in [0.25, 0.3) is 0 Å².